The Morgan fingerprint density at radius 3 is 2.67 bits per heavy atom. The van der Waals surface area contributed by atoms with Crippen molar-refractivity contribution in [3.05, 3.63) is 0 Å². The van der Waals surface area contributed by atoms with Crippen molar-refractivity contribution in [2.75, 3.05) is 0 Å². The summed E-state index contributed by atoms with van der Waals surface area (Å²) in [5.74, 6) is -2.43. The molecule has 98 valence electrons. The minimum atomic E-state index is -1.12. The molecule has 0 aromatic carbocycles. The number of esters is 1. The summed E-state index contributed by atoms with van der Waals surface area (Å²) in [6, 6.07) is -1.04. The van der Waals surface area contributed by atoms with Crippen molar-refractivity contribution < 1.29 is 24.2 Å². The number of amides is 1. The fourth-order valence-corrected chi connectivity index (χ4v) is 4.11. The number of thiocarbonyl (C=S) groups is 1. The smallest absolute Gasteiger partial charge is 0.332 e. The van der Waals surface area contributed by atoms with Gasteiger partial charge in [0, 0.05) is 6.92 Å². The quantitative estimate of drug-likeness (QED) is 0.453. The average Bonchev–Trinajstić information content (AvgIpc) is 2.50. The number of hydrogen-bond donors (Lipinski definition) is 1. The normalized spacial score (nSPS) is 31.7. The van der Waals surface area contributed by atoms with Gasteiger partial charge >= 0.3 is 11.9 Å². The Balaban J connectivity index is 2.13. The first kappa shape index (κ1) is 13.3. The van der Waals surface area contributed by atoms with Crippen LogP contribution in [0, 0.1) is 5.92 Å². The van der Waals surface area contributed by atoms with Gasteiger partial charge in [-0.15, -0.1) is 0 Å². The number of carbonyl (C=O) groups excluding carboxylic acids is 2. The lowest BCUT2D eigenvalue weighted by Crippen LogP contribution is -2.64. The molecule has 2 rings (SSSR count). The summed E-state index contributed by atoms with van der Waals surface area (Å²) >= 11 is 6.16. The molecule has 0 spiro atoms. The molecule has 2 heterocycles. The summed E-state index contributed by atoms with van der Waals surface area (Å²) in [4.78, 5) is 35.1. The van der Waals surface area contributed by atoms with E-state index in [1.165, 1.54) is 23.6 Å². The Morgan fingerprint density at radius 2 is 2.17 bits per heavy atom. The van der Waals surface area contributed by atoms with Crippen LogP contribution in [0.25, 0.3) is 0 Å². The van der Waals surface area contributed by atoms with Gasteiger partial charge in [0.1, 0.15) is 12.0 Å². The topological polar surface area (TPSA) is 83.9 Å². The summed E-state index contributed by atoms with van der Waals surface area (Å²) < 4.78 is 5.25. The van der Waals surface area contributed by atoms with E-state index >= 15 is 0 Å². The van der Waals surface area contributed by atoms with Gasteiger partial charge < -0.3 is 14.7 Å². The lowest BCUT2D eigenvalue weighted by Gasteiger charge is -2.44. The van der Waals surface area contributed by atoms with E-state index in [1.54, 1.807) is 6.92 Å². The number of hydrogen-bond acceptors (Lipinski definition) is 6. The number of β-lactam (4-membered cyclic amide) rings is 1. The zero-order chi connectivity index (χ0) is 13.6. The molecule has 4 atom stereocenters. The molecule has 1 amide bonds. The molecule has 2 aliphatic heterocycles. The fourth-order valence-electron chi connectivity index (χ4n) is 2.20. The molecule has 2 aliphatic rings. The number of thioether (sulfide) groups is 1. The first-order valence-electron chi connectivity index (χ1n) is 5.27. The second-order valence-electron chi connectivity index (χ2n) is 4.15. The molecule has 0 aliphatic carbocycles. The van der Waals surface area contributed by atoms with E-state index in [9.17, 15) is 14.4 Å². The summed E-state index contributed by atoms with van der Waals surface area (Å²) in [7, 11) is 0. The fraction of sp³-hybridized carbons (Fsp3) is 0.600. The van der Waals surface area contributed by atoms with Crippen LogP contribution in [0.3, 0.4) is 0 Å². The molecule has 0 bridgehead atoms. The van der Waals surface area contributed by atoms with Gasteiger partial charge in [0.25, 0.3) is 0 Å². The van der Waals surface area contributed by atoms with E-state index in [1.807, 2.05) is 0 Å². The van der Waals surface area contributed by atoms with Crippen LogP contribution in [-0.4, -0.2) is 49.6 Å². The maximum absolute atomic E-state index is 11.9. The van der Waals surface area contributed by atoms with Crippen LogP contribution in [0.1, 0.15) is 13.8 Å². The second-order valence-corrected chi connectivity index (χ2v) is 6.01. The number of nitrogens with zero attached hydrogens (tertiary/aromatic N) is 1. The Kier molecular flexibility index (Phi) is 3.33. The van der Waals surface area contributed by atoms with Crippen LogP contribution >= 0.6 is 24.0 Å². The van der Waals surface area contributed by atoms with Crippen LogP contribution < -0.4 is 0 Å². The van der Waals surface area contributed by atoms with Crippen molar-refractivity contribution in [3.8, 4) is 0 Å². The molecule has 0 radical (unpaired) electrons. The summed E-state index contributed by atoms with van der Waals surface area (Å²) in [5.41, 5.74) is 0. The van der Waals surface area contributed by atoms with Crippen LogP contribution in [0.4, 0.5) is 0 Å². The summed E-state index contributed by atoms with van der Waals surface area (Å²) in [6.45, 7) is 2.89. The van der Waals surface area contributed by atoms with Crippen LogP contribution in [-0.2, 0) is 19.1 Å². The van der Waals surface area contributed by atoms with Gasteiger partial charge in [0.2, 0.25) is 5.91 Å². The minimum Gasteiger partial charge on any atom is -0.479 e. The third-order valence-electron chi connectivity index (χ3n) is 2.95. The molecule has 6 nitrogen and oxygen atoms in total. The second kappa shape index (κ2) is 4.51. The Labute approximate surface area is 113 Å². The summed E-state index contributed by atoms with van der Waals surface area (Å²) in [5, 5.41) is 8.68. The highest BCUT2D eigenvalue weighted by Gasteiger charge is 2.61. The molecular formula is C10H11NO5S2. The molecule has 0 aromatic heterocycles. The molecule has 8 heteroatoms. The van der Waals surface area contributed by atoms with Gasteiger partial charge in [-0.05, 0) is 6.92 Å². The molecule has 18 heavy (non-hydrogen) atoms. The SMILES string of the molecule is CC(=O)OC(C)C1C(=O)N2C(C(=O)O)C(=S)SC12. The number of fused-ring (bicyclic) bond motifs is 1. The lowest BCUT2D eigenvalue weighted by molar-refractivity contribution is -0.171. The average molecular weight is 289 g/mol. The van der Waals surface area contributed by atoms with Gasteiger partial charge in [0.05, 0.1) is 9.57 Å². The van der Waals surface area contributed by atoms with E-state index in [0.29, 0.717) is 0 Å². The maximum Gasteiger partial charge on any atom is 0.332 e. The Hall–Kier alpha value is -1.15. The standard InChI is InChI=1S/C10H11NO5S2/c1-3(16-4(2)12)5-7(13)11-6(9(14)15)10(17)18-8(5)11/h3,5-6,8H,1-2H3,(H,14,15). The van der Waals surface area contributed by atoms with Crippen molar-refractivity contribution in [1.29, 1.82) is 0 Å². The minimum absolute atomic E-state index is 0.276. The maximum atomic E-state index is 11.9. The zero-order valence-electron chi connectivity index (χ0n) is 9.65. The largest absolute Gasteiger partial charge is 0.479 e. The number of carboxylic acids is 1. The lowest BCUT2D eigenvalue weighted by atomic mass is 9.91. The predicted molar refractivity (Wildman–Crippen MR) is 67.0 cm³/mol. The molecule has 2 fully saturated rings. The monoisotopic (exact) mass is 289 g/mol. The van der Waals surface area contributed by atoms with Gasteiger partial charge in [-0.3, -0.25) is 9.59 Å². The van der Waals surface area contributed by atoms with Crippen molar-refractivity contribution in [1.82, 2.24) is 4.90 Å². The first-order valence-corrected chi connectivity index (χ1v) is 6.56. The van der Waals surface area contributed by atoms with Gasteiger partial charge in [-0.2, -0.15) is 0 Å². The highest BCUT2D eigenvalue weighted by Crippen LogP contribution is 2.46. The van der Waals surface area contributed by atoms with E-state index < -0.39 is 30.0 Å². The van der Waals surface area contributed by atoms with Crippen molar-refractivity contribution in [2.24, 2.45) is 5.92 Å². The van der Waals surface area contributed by atoms with Crippen molar-refractivity contribution in [3.63, 3.8) is 0 Å². The van der Waals surface area contributed by atoms with Gasteiger partial charge in [0.15, 0.2) is 6.04 Å². The number of carbonyl (C=O) groups is 3. The Bertz CT molecular complexity index is 452. The van der Waals surface area contributed by atoms with Crippen LogP contribution in [0.2, 0.25) is 0 Å². The molecule has 1 N–H and O–H groups in total. The third-order valence-corrected chi connectivity index (χ3v) is 4.68. The predicted octanol–water partition coefficient (Wildman–Crippen LogP) is 0.250. The van der Waals surface area contributed by atoms with Gasteiger partial charge in [-0.1, -0.05) is 24.0 Å². The first-order chi connectivity index (χ1) is 8.34. The number of ether oxygens (including phenoxy) is 1. The zero-order valence-corrected chi connectivity index (χ0v) is 11.3. The van der Waals surface area contributed by atoms with Crippen molar-refractivity contribution in [2.45, 2.75) is 31.4 Å². The highest BCUT2D eigenvalue weighted by atomic mass is 32.2. The summed E-state index contributed by atoms with van der Waals surface area (Å²) in [6.07, 6.45) is -0.570. The van der Waals surface area contributed by atoms with E-state index in [-0.39, 0.29) is 15.5 Å². The van der Waals surface area contributed by atoms with Crippen molar-refractivity contribution >= 4 is 46.0 Å². The van der Waals surface area contributed by atoms with E-state index in [4.69, 9.17) is 22.1 Å². The number of aliphatic carboxylic acids is 1. The number of rotatable bonds is 3. The van der Waals surface area contributed by atoms with Crippen LogP contribution in [0.5, 0.6) is 0 Å². The van der Waals surface area contributed by atoms with Gasteiger partial charge in [-0.25, -0.2) is 4.79 Å². The van der Waals surface area contributed by atoms with E-state index in [2.05, 4.69) is 0 Å². The van der Waals surface area contributed by atoms with Crippen LogP contribution in [0.15, 0.2) is 0 Å². The number of carboxylic acid groups (broad SMARTS) is 1. The third kappa shape index (κ3) is 1.89. The molecule has 2 saturated heterocycles. The molecule has 0 aromatic rings. The molecular weight excluding hydrogens is 278 g/mol. The highest BCUT2D eigenvalue weighted by molar-refractivity contribution is 8.24. The molecule has 4 unspecified atom stereocenters. The molecule has 0 saturated carbocycles. The Morgan fingerprint density at radius 1 is 1.56 bits per heavy atom. The van der Waals surface area contributed by atoms with E-state index in [0.717, 1.165) is 0 Å².